The lowest BCUT2D eigenvalue weighted by Crippen LogP contribution is -2.60. The SMILES string of the molecule is Cc1ccc(-c2csc(N3N=C4CCCCC[C@@H]4[C@]3(O)C(F)(F)F)n2)cc1. The van der Waals surface area contributed by atoms with E-state index in [1.165, 1.54) is 0 Å². The lowest BCUT2D eigenvalue weighted by Gasteiger charge is -2.37. The Bertz CT molecular complexity index is 862. The number of nitrogens with zero attached hydrogens (tertiary/aromatic N) is 3. The van der Waals surface area contributed by atoms with Crippen LogP contribution in [0.5, 0.6) is 0 Å². The van der Waals surface area contributed by atoms with E-state index >= 15 is 0 Å². The van der Waals surface area contributed by atoms with Gasteiger partial charge in [-0.15, -0.1) is 11.3 Å². The minimum absolute atomic E-state index is 0.0611. The second kappa shape index (κ2) is 6.60. The van der Waals surface area contributed by atoms with Crippen LogP contribution in [0, 0.1) is 12.8 Å². The molecule has 2 aliphatic rings. The Labute approximate surface area is 159 Å². The van der Waals surface area contributed by atoms with Crippen molar-refractivity contribution in [2.24, 2.45) is 11.0 Å². The standard InChI is InChI=1S/C19H20F3N3OS/c1-12-7-9-13(10-8-12)16-11-27-17(23-16)25-18(26,19(20,21)22)14-5-3-2-4-6-15(14)24-25/h7-11,14,26H,2-6H2,1H3/t14-,18-/m0/s1. The summed E-state index contributed by atoms with van der Waals surface area (Å²) in [4.78, 5) is 4.36. The van der Waals surface area contributed by atoms with Gasteiger partial charge in [0, 0.05) is 16.7 Å². The molecule has 0 spiro atoms. The molecule has 0 amide bonds. The van der Waals surface area contributed by atoms with E-state index in [9.17, 15) is 18.3 Å². The smallest absolute Gasteiger partial charge is 0.362 e. The van der Waals surface area contributed by atoms with Gasteiger partial charge in [-0.05, 0) is 26.2 Å². The number of hydrazone groups is 1. The highest BCUT2D eigenvalue weighted by atomic mass is 32.1. The van der Waals surface area contributed by atoms with Crippen LogP contribution >= 0.6 is 11.3 Å². The second-order valence-corrected chi connectivity index (χ2v) is 8.00. The zero-order valence-electron chi connectivity index (χ0n) is 14.8. The Morgan fingerprint density at radius 2 is 1.93 bits per heavy atom. The molecule has 4 nitrogen and oxygen atoms in total. The topological polar surface area (TPSA) is 48.7 Å². The van der Waals surface area contributed by atoms with Gasteiger partial charge in [-0.3, -0.25) is 0 Å². The quantitative estimate of drug-likeness (QED) is 0.767. The van der Waals surface area contributed by atoms with Crippen molar-refractivity contribution in [3.05, 3.63) is 35.2 Å². The minimum Gasteiger partial charge on any atom is -0.362 e. The Morgan fingerprint density at radius 3 is 2.63 bits per heavy atom. The summed E-state index contributed by atoms with van der Waals surface area (Å²) in [7, 11) is 0. The molecule has 0 unspecified atom stereocenters. The number of aliphatic hydroxyl groups is 1. The molecule has 0 saturated heterocycles. The number of thiazole rings is 1. The maximum atomic E-state index is 14.0. The van der Waals surface area contributed by atoms with Crippen molar-refractivity contribution in [2.45, 2.75) is 50.9 Å². The zero-order valence-corrected chi connectivity index (χ0v) is 15.6. The van der Waals surface area contributed by atoms with Crippen molar-refractivity contribution in [3.63, 3.8) is 0 Å². The molecule has 0 radical (unpaired) electrons. The summed E-state index contributed by atoms with van der Waals surface area (Å²) in [5.41, 5.74) is -0.118. The third-order valence-electron chi connectivity index (χ3n) is 5.30. The van der Waals surface area contributed by atoms with Gasteiger partial charge in [-0.1, -0.05) is 42.7 Å². The molecule has 27 heavy (non-hydrogen) atoms. The Morgan fingerprint density at radius 1 is 1.19 bits per heavy atom. The van der Waals surface area contributed by atoms with Crippen molar-refractivity contribution in [2.75, 3.05) is 5.01 Å². The highest BCUT2D eigenvalue weighted by molar-refractivity contribution is 7.14. The summed E-state index contributed by atoms with van der Waals surface area (Å²) in [5.74, 6) is -1.04. The summed E-state index contributed by atoms with van der Waals surface area (Å²) in [6, 6.07) is 7.61. The minimum atomic E-state index is -4.83. The molecule has 1 N–H and O–H groups in total. The van der Waals surface area contributed by atoms with E-state index in [1.807, 2.05) is 31.2 Å². The van der Waals surface area contributed by atoms with Gasteiger partial charge >= 0.3 is 6.18 Å². The summed E-state index contributed by atoms with van der Waals surface area (Å²) in [6.07, 6.45) is -1.76. The number of aromatic nitrogens is 1. The fourth-order valence-corrected chi connectivity index (χ4v) is 4.64. The Balaban J connectivity index is 1.74. The first-order valence-corrected chi connectivity index (χ1v) is 9.88. The fraction of sp³-hybridized carbons (Fsp3) is 0.474. The van der Waals surface area contributed by atoms with Crippen LogP contribution in [0.4, 0.5) is 18.3 Å². The van der Waals surface area contributed by atoms with Crippen LogP contribution in [-0.4, -0.2) is 27.7 Å². The first-order chi connectivity index (χ1) is 12.8. The van der Waals surface area contributed by atoms with E-state index in [2.05, 4.69) is 10.1 Å². The van der Waals surface area contributed by atoms with Crippen LogP contribution < -0.4 is 5.01 Å². The molecule has 1 saturated carbocycles. The molecule has 4 rings (SSSR count). The molecule has 2 atom stereocenters. The molecule has 144 valence electrons. The molecule has 1 aliphatic carbocycles. The van der Waals surface area contributed by atoms with Gasteiger partial charge in [0.15, 0.2) is 0 Å². The summed E-state index contributed by atoms with van der Waals surface area (Å²) in [6.45, 7) is 1.96. The predicted molar refractivity (Wildman–Crippen MR) is 99.8 cm³/mol. The molecule has 1 aromatic heterocycles. The number of anilines is 1. The van der Waals surface area contributed by atoms with Gasteiger partial charge in [-0.2, -0.15) is 23.3 Å². The zero-order chi connectivity index (χ0) is 19.2. The largest absolute Gasteiger partial charge is 0.439 e. The lowest BCUT2D eigenvalue weighted by molar-refractivity contribution is -0.268. The number of benzene rings is 1. The van der Waals surface area contributed by atoms with E-state index in [1.54, 1.807) is 5.38 Å². The first-order valence-electron chi connectivity index (χ1n) is 9.00. The highest BCUT2D eigenvalue weighted by Gasteiger charge is 2.67. The number of aryl methyl sites for hydroxylation is 1. The van der Waals surface area contributed by atoms with E-state index in [0.29, 0.717) is 29.3 Å². The molecule has 0 bridgehead atoms. The van der Waals surface area contributed by atoms with Crippen LogP contribution in [0.15, 0.2) is 34.7 Å². The molecule has 1 fully saturated rings. The van der Waals surface area contributed by atoms with E-state index in [-0.39, 0.29) is 11.6 Å². The normalized spacial score (nSPS) is 25.9. The first kappa shape index (κ1) is 18.4. The molecule has 1 aromatic carbocycles. The van der Waals surface area contributed by atoms with Crippen LogP contribution in [0.25, 0.3) is 11.3 Å². The highest BCUT2D eigenvalue weighted by Crippen LogP contribution is 2.50. The number of hydrogen-bond donors (Lipinski definition) is 1. The molecule has 2 heterocycles. The van der Waals surface area contributed by atoms with E-state index in [0.717, 1.165) is 35.3 Å². The number of fused-ring (bicyclic) bond motifs is 1. The van der Waals surface area contributed by atoms with Gasteiger partial charge in [0.1, 0.15) is 0 Å². The monoisotopic (exact) mass is 395 g/mol. The second-order valence-electron chi connectivity index (χ2n) is 7.16. The fourth-order valence-electron chi connectivity index (χ4n) is 3.80. The van der Waals surface area contributed by atoms with Crippen LogP contribution in [0.3, 0.4) is 0 Å². The van der Waals surface area contributed by atoms with Gasteiger partial charge in [0.25, 0.3) is 5.72 Å². The summed E-state index contributed by atoms with van der Waals surface area (Å²) in [5, 5.41) is 17.5. The molecule has 8 heteroatoms. The lowest BCUT2D eigenvalue weighted by atomic mass is 9.87. The van der Waals surface area contributed by atoms with Crippen LogP contribution in [-0.2, 0) is 0 Å². The van der Waals surface area contributed by atoms with Crippen molar-refractivity contribution in [3.8, 4) is 11.3 Å². The Kier molecular flexibility index (Phi) is 4.50. The van der Waals surface area contributed by atoms with Gasteiger partial charge < -0.3 is 5.11 Å². The van der Waals surface area contributed by atoms with E-state index < -0.39 is 17.8 Å². The third-order valence-corrected chi connectivity index (χ3v) is 6.12. The average Bonchev–Trinajstić information content (AvgIpc) is 3.11. The van der Waals surface area contributed by atoms with Crippen molar-refractivity contribution in [1.82, 2.24) is 4.98 Å². The Hall–Kier alpha value is -1.93. The van der Waals surface area contributed by atoms with Crippen molar-refractivity contribution < 1.29 is 18.3 Å². The third kappa shape index (κ3) is 3.04. The summed E-state index contributed by atoms with van der Waals surface area (Å²) < 4.78 is 41.9. The number of rotatable bonds is 2. The van der Waals surface area contributed by atoms with Crippen molar-refractivity contribution in [1.29, 1.82) is 0 Å². The number of halogens is 3. The average molecular weight is 395 g/mol. The molecule has 1 aliphatic heterocycles. The van der Waals surface area contributed by atoms with E-state index in [4.69, 9.17) is 0 Å². The molecular formula is C19H20F3N3OS. The number of hydrogen-bond acceptors (Lipinski definition) is 5. The molecular weight excluding hydrogens is 375 g/mol. The maximum absolute atomic E-state index is 14.0. The van der Waals surface area contributed by atoms with Crippen LogP contribution in [0.1, 0.15) is 37.7 Å². The van der Waals surface area contributed by atoms with Gasteiger partial charge in [-0.25, -0.2) is 4.98 Å². The summed E-state index contributed by atoms with van der Waals surface area (Å²) >= 11 is 1.06. The van der Waals surface area contributed by atoms with Gasteiger partial charge in [0.05, 0.1) is 11.6 Å². The number of alkyl halides is 3. The molecule has 2 aromatic rings. The van der Waals surface area contributed by atoms with Gasteiger partial charge in [0.2, 0.25) is 5.13 Å². The predicted octanol–water partition coefficient (Wildman–Crippen LogP) is 5.13. The maximum Gasteiger partial charge on any atom is 0.439 e. The van der Waals surface area contributed by atoms with Crippen molar-refractivity contribution >= 4 is 22.2 Å². The van der Waals surface area contributed by atoms with Crippen LogP contribution in [0.2, 0.25) is 0 Å².